The van der Waals surface area contributed by atoms with Crippen molar-refractivity contribution in [1.82, 2.24) is 10.1 Å². The zero-order chi connectivity index (χ0) is 11.5. The van der Waals surface area contributed by atoms with Gasteiger partial charge in [0.15, 0.2) is 5.82 Å². The average molecular weight is 223 g/mol. The van der Waals surface area contributed by atoms with Crippen LogP contribution in [0, 0.1) is 5.82 Å². The van der Waals surface area contributed by atoms with Crippen LogP contribution in [0.2, 0.25) is 0 Å². The van der Waals surface area contributed by atoms with Crippen molar-refractivity contribution >= 4 is 5.69 Å². The standard InChI is InChI=1S/C10H10FN3O2/c1-15-5-8-13-10(16-14-8)6-3-2-4-7(11)9(6)12/h2-4H,5,12H2,1H3. The summed E-state index contributed by atoms with van der Waals surface area (Å²) < 4.78 is 23.0. The van der Waals surface area contributed by atoms with Gasteiger partial charge in [0.05, 0.1) is 11.3 Å². The summed E-state index contributed by atoms with van der Waals surface area (Å²) in [7, 11) is 1.52. The van der Waals surface area contributed by atoms with Gasteiger partial charge in [-0.25, -0.2) is 4.39 Å². The molecule has 2 aromatic rings. The van der Waals surface area contributed by atoms with Gasteiger partial charge < -0.3 is 15.0 Å². The maximum Gasteiger partial charge on any atom is 0.260 e. The Labute approximate surface area is 91.0 Å². The molecule has 0 saturated carbocycles. The Hall–Kier alpha value is -1.95. The number of halogens is 1. The maximum atomic E-state index is 13.2. The van der Waals surface area contributed by atoms with Crippen molar-refractivity contribution in [2.45, 2.75) is 6.61 Å². The molecule has 1 aromatic carbocycles. The summed E-state index contributed by atoms with van der Waals surface area (Å²) >= 11 is 0. The van der Waals surface area contributed by atoms with Crippen LogP contribution in [0.15, 0.2) is 22.7 Å². The Balaban J connectivity index is 2.39. The van der Waals surface area contributed by atoms with Crippen molar-refractivity contribution in [3.8, 4) is 11.5 Å². The third-order valence-corrected chi connectivity index (χ3v) is 2.02. The van der Waals surface area contributed by atoms with Crippen LogP contribution in [0.3, 0.4) is 0 Å². The van der Waals surface area contributed by atoms with Crippen molar-refractivity contribution in [3.63, 3.8) is 0 Å². The summed E-state index contributed by atoms with van der Waals surface area (Å²) in [5.74, 6) is 0.0641. The SMILES string of the molecule is COCc1noc(-c2cccc(F)c2N)n1. The van der Waals surface area contributed by atoms with Crippen LogP contribution in [-0.4, -0.2) is 17.3 Å². The molecular weight excluding hydrogens is 213 g/mol. The molecule has 16 heavy (non-hydrogen) atoms. The molecule has 0 fully saturated rings. The highest BCUT2D eigenvalue weighted by molar-refractivity contribution is 5.70. The van der Waals surface area contributed by atoms with Crippen LogP contribution in [-0.2, 0) is 11.3 Å². The van der Waals surface area contributed by atoms with E-state index in [1.165, 1.54) is 19.2 Å². The lowest BCUT2D eigenvalue weighted by Crippen LogP contribution is -1.94. The quantitative estimate of drug-likeness (QED) is 0.800. The third kappa shape index (κ3) is 1.87. The van der Waals surface area contributed by atoms with Crippen molar-refractivity contribution in [3.05, 3.63) is 29.8 Å². The Kier molecular flexibility index (Phi) is 2.82. The summed E-state index contributed by atoms with van der Waals surface area (Å²) in [4.78, 5) is 4.02. The fraction of sp³-hybridized carbons (Fsp3) is 0.200. The maximum absolute atomic E-state index is 13.2. The summed E-state index contributed by atoms with van der Waals surface area (Å²) in [5, 5.41) is 3.66. The molecule has 0 aliphatic rings. The highest BCUT2D eigenvalue weighted by Gasteiger charge is 2.13. The molecule has 0 atom stereocenters. The van der Waals surface area contributed by atoms with Gasteiger partial charge in [-0.05, 0) is 12.1 Å². The van der Waals surface area contributed by atoms with Gasteiger partial charge >= 0.3 is 0 Å². The van der Waals surface area contributed by atoms with Crippen LogP contribution >= 0.6 is 0 Å². The largest absolute Gasteiger partial charge is 0.396 e. The number of aromatic nitrogens is 2. The third-order valence-electron chi connectivity index (χ3n) is 2.02. The molecule has 0 aliphatic heterocycles. The minimum atomic E-state index is -0.510. The predicted octanol–water partition coefficient (Wildman–Crippen LogP) is 1.60. The minimum absolute atomic E-state index is 0.00452. The fourth-order valence-corrected chi connectivity index (χ4v) is 1.27. The normalized spacial score (nSPS) is 10.6. The Morgan fingerprint density at radius 2 is 2.31 bits per heavy atom. The summed E-state index contributed by atoms with van der Waals surface area (Å²) in [6.07, 6.45) is 0. The number of hydrogen-bond donors (Lipinski definition) is 1. The van der Waals surface area contributed by atoms with E-state index in [0.717, 1.165) is 0 Å². The molecule has 0 unspecified atom stereocenters. The summed E-state index contributed by atoms with van der Waals surface area (Å²) in [6, 6.07) is 4.41. The topological polar surface area (TPSA) is 74.2 Å². The lowest BCUT2D eigenvalue weighted by molar-refractivity contribution is 0.174. The Morgan fingerprint density at radius 1 is 1.50 bits per heavy atom. The first-order valence-corrected chi connectivity index (χ1v) is 4.58. The van der Waals surface area contributed by atoms with Crippen LogP contribution in [0.4, 0.5) is 10.1 Å². The zero-order valence-corrected chi connectivity index (χ0v) is 8.61. The van der Waals surface area contributed by atoms with Gasteiger partial charge in [-0.1, -0.05) is 11.2 Å². The highest BCUT2D eigenvalue weighted by atomic mass is 19.1. The second-order valence-corrected chi connectivity index (χ2v) is 3.15. The van der Waals surface area contributed by atoms with Gasteiger partial charge in [0, 0.05) is 7.11 Å². The molecule has 0 aliphatic carbocycles. The number of nitrogen functional groups attached to an aromatic ring is 1. The van der Waals surface area contributed by atoms with Gasteiger partial charge in [-0.2, -0.15) is 4.98 Å². The molecule has 1 heterocycles. The number of nitrogens with zero attached hydrogens (tertiary/aromatic N) is 2. The van der Waals surface area contributed by atoms with Gasteiger partial charge in [-0.15, -0.1) is 0 Å². The fourth-order valence-electron chi connectivity index (χ4n) is 1.27. The number of hydrogen-bond acceptors (Lipinski definition) is 5. The smallest absolute Gasteiger partial charge is 0.260 e. The van der Waals surface area contributed by atoms with E-state index in [9.17, 15) is 4.39 Å². The van der Waals surface area contributed by atoms with E-state index < -0.39 is 5.82 Å². The summed E-state index contributed by atoms with van der Waals surface area (Å²) in [5.41, 5.74) is 5.94. The van der Waals surface area contributed by atoms with Gasteiger partial charge in [0.1, 0.15) is 12.4 Å². The van der Waals surface area contributed by atoms with E-state index in [2.05, 4.69) is 10.1 Å². The number of nitrogens with two attached hydrogens (primary N) is 1. The van der Waals surface area contributed by atoms with Crippen molar-refractivity contribution in [2.24, 2.45) is 0 Å². The second-order valence-electron chi connectivity index (χ2n) is 3.15. The molecule has 5 nitrogen and oxygen atoms in total. The van der Waals surface area contributed by atoms with E-state index >= 15 is 0 Å². The van der Waals surface area contributed by atoms with Gasteiger partial charge in [-0.3, -0.25) is 0 Å². The molecule has 2 rings (SSSR count). The molecule has 0 saturated heterocycles. The summed E-state index contributed by atoms with van der Waals surface area (Å²) in [6.45, 7) is 0.235. The van der Waals surface area contributed by atoms with Crippen molar-refractivity contribution in [1.29, 1.82) is 0 Å². The zero-order valence-electron chi connectivity index (χ0n) is 8.61. The number of ether oxygens (including phenoxy) is 1. The molecule has 0 amide bonds. The molecule has 2 N–H and O–H groups in total. The molecular formula is C10H10FN3O2. The van der Waals surface area contributed by atoms with E-state index in [-0.39, 0.29) is 18.2 Å². The number of methoxy groups -OCH3 is 1. The molecule has 1 aromatic heterocycles. The second kappa shape index (κ2) is 4.28. The van der Waals surface area contributed by atoms with Gasteiger partial charge in [0.25, 0.3) is 5.89 Å². The lowest BCUT2D eigenvalue weighted by atomic mass is 10.2. The molecule has 0 radical (unpaired) electrons. The van der Waals surface area contributed by atoms with E-state index in [0.29, 0.717) is 11.4 Å². The first-order valence-electron chi connectivity index (χ1n) is 4.58. The van der Waals surface area contributed by atoms with Crippen molar-refractivity contribution < 1.29 is 13.7 Å². The average Bonchev–Trinajstić information content (AvgIpc) is 2.71. The van der Waals surface area contributed by atoms with Crippen LogP contribution < -0.4 is 5.73 Å². The minimum Gasteiger partial charge on any atom is -0.396 e. The number of para-hydroxylation sites is 1. The number of anilines is 1. The van der Waals surface area contributed by atoms with E-state index in [1.807, 2.05) is 0 Å². The van der Waals surface area contributed by atoms with E-state index in [4.69, 9.17) is 15.0 Å². The number of benzene rings is 1. The van der Waals surface area contributed by atoms with Crippen LogP contribution in [0.1, 0.15) is 5.82 Å². The van der Waals surface area contributed by atoms with Crippen molar-refractivity contribution in [2.75, 3.05) is 12.8 Å². The van der Waals surface area contributed by atoms with Crippen LogP contribution in [0.25, 0.3) is 11.5 Å². The molecule has 0 spiro atoms. The monoisotopic (exact) mass is 223 g/mol. The van der Waals surface area contributed by atoms with Gasteiger partial charge in [0.2, 0.25) is 0 Å². The first kappa shape index (κ1) is 10.6. The Bertz CT molecular complexity index is 499. The lowest BCUT2D eigenvalue weighted by Gasteiger charge is -2.00. The molecule has 0 bridgehead atoms. The first-order chi connectivity index (χ1) is 7.72. The Morgan fingerprint density at radius 3 is 3.06 bits per heavy atom. The predicted molar refractivity (Wildman–Crippen MR) is 54.8 cm³/mol. The number of rotatable bonds is 3. The van der Waals surface area contributed by atoms with Crippen LogP contribution in [0.5, 0.6) is 0 Å². The highest BCUT2D eigenvalue weighted by Crippen LogP contribution is 2.26. The van der Waals surface area contributed by atoms with E-state index in [1.54, 1.807) is 6.07 Å². The molecule has 6 heteroatoms. The molecule has 84 valence electrons.